The number of hydrogen-bond donors (Lipinski definition) is 0. The molecule has 0 aromatic carbocycles. The summed E-state index contributed by atoms with van der Waals surface area (Å²) in [5.41, 5.74) is 0. The Kier molecular flexibility index (Phi) is 4.15. The van der Waals surface area contributed by atoms with Crippen LogP contribution in [-0.4, -0.2) is 42.1 Å². The Labute approximate surface area is 79.8 Å². The van der Waals surface area contributed by atoms with Gasteiger partial charge in [-0.3, -0.25) is 9.91 Å². The summed E-state index contributed by atoms with van der Waals surface area (Å²) in [6.07, 6.45) is 2.49. The molecule has 1 heterocycles. The minimum absolute atomic E-state index is 0.281. The SMILES string of the molecule is CCCCN1CCN(N=O)[C@@H](C)C1. The predicted octanol–water partition coefficient (Wildman–Crippen LogP) is 1.47. The lowest BCUT2D eigenvalue weighted by atomic mass is 10.2. The molecule has 4 heteroatoms. The zero-order chi connectivity index (χ0) is 9.68. The summed E-state index contributed by atoms with van der Waals surface area (Å²) in [6.45, 7) is 8.16. The van der Waals surface area contributed by atoms with Gasteiger partial charge in [0.15, 0.2) is 0 Å². The first-order valence-electron chi connectivity index (χ1n) is 5.10. The number of unbranched alkanes of at least 4 members (excludes halogenated alkanes) is 1. The third-order valence-electron chi connectivity index (χ3n) is 2.61. The van der Waals surface area contributed by atoms with Crippen LogP contribution in [0.25, 0.3) is 0 Å². The van der Waals surface area contributed by atoms with Gasteiger partial charge in [0.1, 0.15) is 0 Å². The number of nitroso groups, excluding NO2 is 1. The molecule has 0 spiro atoms. The molecule has 0 aliphatic carbocycles. The summed E-state index contributed by atoms with van der Waals surface area (Å²) >= 11 is 0. The molecule has 0 N–H and O–H groups in total. The van der Waals surface area contributed by atoms with Gasteiger partial charge < -0.3 is 0 Å². The van der Waals surface area contributed by atoms with E-state index in [1.54, 1.807) is 5.01 Å². The van der Waals surface area contributed by atoms with Crippen molar-refractivity contribution in [3.63, 3.8) is 0 Å². The van der Waals surface area contributed by atoms with E-state index >= 15 is 0 Å². The first kappa shape index (κ1) is 10.4. The Morgan fingerprint density at radius 3 is 2.77 bits per heavy atom. The molecule has 0 aromatic heterocycles. The van der Waals surface area contributed by atoms with Gasteiger partial charge in [0, 0.05) is 13.1 Å². The maximum atomic E-state index is 10.3. The van der Waals surface area contributed by atoms with Crippen LogP contribution in [0.1, 0.15) is 26.7 Å². The van der Waals surface area contributed by atoms with Gasteiger partial charge in [0.2, 0.25) is 0 Å². The van der Waals surface area contributed by atoms with Gasteiger partial charge in [-0.05, 0) is 19.9 Å². The highest BCUT2D eigenvalue weighted by molar-refractivity contribution is 4.76. The fourth-order valence-corrected chi connectivity index (χ4v) is 1.73. The van der Waals surface area contributed by atoms with E-state index in [1.165, 1.54) is 12.8 Å². The molecular weight excluding hydrogens is 166 g/mol. The van der Waals surface area contributed by atoms with Gasteiger partial charge >= 0.3 is 0 Å². The molecule has 76 valence electrons. The van der Waals surface area contributed by atoms with Crippen LogP contribution in [-0.2, 0) is 0 Å². The van der Waals surface area contributed by atoms with Crippen LogP contribution < -0.4 is 0 Å². The Bertz CT molecular complexity index is 163. The van der Waals surface area contributed by atoms with Gasteiger partial charge in [-0.2, -0.15) is 0 Å². The molecule has 0 amide bonds. The van der Waals surface area contributed by atoms with Crippen molar-refractivity contribution < 1.29 is 0 Å². The molecule has 1 atom stereocenters. The average molecular weight is 185 g/mol. The molecular formula is C9H19N3O. The molecule has 0 saturated carbocycles. The van der Waals surface area contributed by atoms with Crippen LogP contribution in [0.3, 0.4) is 0 Å². The number of rotatable bonds is 4. The van der Waals surface area contributed by atoms with Gasteiger partial charge in [-0.1, -0.05) is 13.3 Å². The van der Waals surface area contributed by atoms with Crippen LogP contribution in [0.5, 0.6) is 0 Å². The van der Waals surface area contributed by atoms with Crippen LogP contribution in [0, 0.1) is 4.91 Å². The molecule has 1 aliphatic rings. The topological polar surface area (TPSA) is 35.9 Å². The predicted molar refractivity (Wildman–Crippen MR) is 53.3 cm³/mol. The standard InChI is InChI=1S/C9H19N3O/c1-3-4-5-11-6-7-12(10-13)9(2)8-11/h9H,3-8H2,1-2H3/t9-/m0/s1. The van der Waals surface area contributed by atoms with Crippen molar-refractivity contribution in [1.29, 1.82) is 0 Å². The quantitative estimate of drug-likeness (QED) is 0.622. The zero-order valence-electron chi connectivity index (χ0n) is 8.57. The molecule has 0 bridgehead atoms. The Hall–Kier alpha value is -0.640. The van der Waals surface area contributed by atoms with E-state index < -0.39 is 0 Å². The molecule has 0 aromatic rings. The van der Waals surface area contributed by atoms with Crippen molar-refractivity contribution in [1.82, 2.24) is 9.91 Å². The second kappa shape index (κ2) is 5.17. The summed E-state index contributed by atoms with van der Waals surface area (Å²) in [6, 6.07) is 0.281. The molecule has 4 nitrogen and oxygen atoms in total. The Balaban J connectivity index is 2.28. The fraction of sp³-hybridized carbons (Fsp3) is 1.00. The lowest BCUT2D eigenvalue weighted by Crippen LogP contribution is -2.49. The zero-order valence-corrected chi connectivity index (χ0v) is 8.57. The van der Waals surface area contributed by atoms with Crippen molar-refractivity contribution in [2.75, 3.05) is 26.2 Å². The monoisotopic (exact) mass is 185 g/mol. The largest absolute Gasteiger partial charge is 0.299 e. The van der Waals surface area contributed by atoms with Gasteiger partial charge in [0.05, 0.1) is 17.9 Å². The molecule has 13 heavy (non-hydrogen) atoms. The lowest BCUT2D eigenvalue weighted by molar-refractivity contribution is 0.0839. The molecule has 1 saturated heterocycles. The van der Waals surface area contributed by atoms with Gasteiger partial charge in [-0.25, -0.2) is 0 Å². The summed E-state index contributed by atoms with van der Waals surface area (Å²) in [5.74, 6) is 0. The van der Waals surface area contributed by atoms with Crippen molar-refractivity contribution in [3.05, 3.63) is 4.91 Å². The highest BCUT2D eigenvalue weighted by atomic mass is 16.3. The average Bonchev–Trinajstić information content (AvgIpc) is 2.15. The van der Waals surface area contributed by atoms with E-state index in [0.29, 0.717) is 0 Å². The van der Waals surface area contributed by atoms with Crippen molar-refractivity contribution in [3.8, 4) is 0 Å². The maximum absolute atomic E-state index is 10.3. The highest BCUT2D eigenvalue weighted by Crippen LogP contribution is 2.09. The summed E-state index contributed by atoms with van der Waals surface area (Å²) < 4.78 is 0. The van der Waals surface area contributed by atoms with Crippen LogP contribution in [0.4, 0.5) is 0 Å². The third kappa shape index (κ3) is 2.95. The number of nitrogens with zero attached hydrogens (tertiary/aromatic N) is 3. The molecule has 1 rings (SSSR count). The molecule has 0 unspecified atom stereocenters. The van der Waals surface area contributed by atoms with Crippen molar-refractivity contribution in [2.24, 2.45) is 5.29 Å². The number of piperazine rings is 1. The normalized spacial score (nSPS) is 24.8. The van der Waals surface area contributed by atoms with Gasteiger partial charge in [0.25, 0.3) is 0 Å². The highest BCUT2D eigenvalue weighted by Gasteiger charge is 2.22. The minimum Gasteiger partial charge on any atom is -0.299 e. The smallest absolute Gasteiger partial charge is 0.0602 e. The molecule has 1 fully saturated rings. The van der Waals surface area contributed by atoms with E-state index in [2.05, 4.69) is 24.0 Å². The Morgan fingerprint density at radius 1 is 1.46 bits per heavy atom. The summed E-state index contributed by atoms with van der Waals surface area (Å²) in [4.78, 5) is 12.8. The summed E-state index contributed by atoms with van der Waals surface area (Å²) in [5, 5.41) is 4.64. The van der Waals surface area contributed by atoms with Crippen molar-refractivity contribution >= 4 is 0 Å². The maximum Gasteiger partial charge on any atom is 0.0602 e. The fourth-order valence-electron chi connectivity index (χ4n) is 1.73. The summed E-state index contributed by atoms with van der Waals surface area (Å²) in [7, 11) is 0. The van der Waals surface area contributed by atoms with E-state index in [4.69, 9.17) is 0 Å². The van der Waals surface area contributed by atoms with E-state index in [0.717, 1.165) is 26.2 Å². The van der Waals surface area contributed by atoms with Crippen LogP contribution >= 0.6 is 0 Å². The van der Waals surface area contributed by atoms with Crippen LogP contribution in [0.2, 0.25) is 0 Å². The lowest BCUT2D eigenvalue weighted by Gasteiger charge is -2.36. The second-order valence-electron chi connectivity index (χ2n) is 3.75. The van der Waals surface area contributed by atoms with E-state index in [1.807, 2.05) is 0 Å². The first-order valence-corrected chi connectivity index (χ1v) is 5.10. The third-order valence-corrected chi connectivity index (χ3v) is 2.61. The van der Waals surface area contributed by atoms with E-state index in [9.17, 15) is 4.91 Å². The molecule has 0 radical (unpaired) electrons. The molecule has 1 aliphatic heterocycles. The van der Waals surface area contributed by atoms with Crippen LogP contribution in [0.15, 0.2) is 5.29 Å². The Morgan fingerprint density at radius 2 is 2.23 bits per heavy atom. The van der Waals surface area contributed by atoms with E-state index in [-0.39, 0.29) is 6.04 Å². The first-order chi connectivity index (χ1) is 6.27. The number of hydrogen-bond acceptors (Lipinski definition) is 3. The van der Waals surface area contributed by atoms with Crippen molar-refractivity contribution in [2.45, 2.75) is 32.7 Å². The second-order valence-corrected chi connectivity index (χ2v) is 3.75. The van der Waals surface area contributed by atoms with Gasteiger partial charge in [-0.15, -0.1) is 4.91 Å². The minimum atomic E-state index is 0.281.